The Bertz CT molecular complexity index is 614. The largest absolute Gasteiger partial charge is 0.253 e. The molecular weight excluding hydrogens is 226 g/mol. The predicted octanol–water partition coefficient (Wildman–Crippen LogP) is 4.08. The van der Waals surface area contributed by atoms with E-state index in [0.717, 1.165) is 18.4 Å². The highest BCUT2D eigenvalue weighted by atomic mass is 32.1. The number of aromatic nitrogens is 1. The summed E-state index contributed by atoms with van der Waals surface area (Å²) in [6.07, 6.45) is 2.11. The van der Waals surface area contributed by atoms with Crippen LogP contribution in [-0.2, 0) is 12.8 Å². The van der Waals surface area contributed by atoms with E-state index < -0.39 is 0 Å². The second-order valence-corrected chi connectivity index (χ2v) is 5.11. The molecule has 3 rings (SSSR count). The molecule has 0 aliphatic heterocycles. The summed E-state index contributed by atoms with van der Waals surface area (Å²) in [4.78, 5) is 6.11. The summed E-state index contributed by atoms with van der Waals surface area (Å²) in [7, 11) is 0. The Morgan fingerprint density at radius 2 is 1.82 bits per heavy atom. The molecule has 1 nitrogen and oxygen atoms in total. The molecule has 0 radical (unpaired) electrons. The number of benzene rings is 1. The maximum Gasteiger partial charge on any atom is 0.0705 e. The summed E-state index contributed by atoms with van der Waals surface area (Å²) in [5, 5.41) is 3.34. The van der Waals surface area contributed by atoms with E-state index in [9.17, 15) is 0 Å². The number of hydrogen-bond acceptors (Lipinski definition) is 2. The molecule has 0 saturated heterocycles. The van der Waals surface area contributed by atoms with Crippen molar-refractivity contribution in [2.75, 3.05) is 0 Å². The van der Waals surface area contributed by atoms with Crippen LogP contribution in [0.3, 0.4) is 0 Å². The Balaban J connectivity index is 1.81. The molecule has 0 aliphatic rings. The average molecular weight is 239 g/mol. The van der Waals surface area contributed by atoms with Gasteiger partial charge in [-0.3, -0.25) is 4.98 Å². The molecule has 0 N–H and O–H groups in total. The summed E-state index contributed by atoms with van der Waals surface area (Å²) in [6.45, 7) is 0. The molecule has 0 unspecified atom stereocenters. The Hall–Kier alpha value is -1.67. The lowest BCUT2D eigenvalue weighted by Gasteiger charge is -2.02. The molecule has 2 aromatic heterocycles. The van der Waals surface area contributed by atoms with Crippen molar-refractivity contribution >= 4 is 22.2 Å². The van der Waals surface area contributed by atoms with E-state index in [2.05, 4.69) is 52.8 Å². The number of fused-ring (bicyclic) bond motifs is 1. The van der Waals surface area contributed by atoms with Crippen molar-refractivity contribution in [1.82, 2.24) is 4.98 Å². The molecule has 0 spiro atoms. The molecule has 0 saturated carbocycles. The smallest absolute Gasteiger partial charge is 0.0705 e. The van der Waals surface area contributed by atoms with Gasteiger partial charge in [0.1, 0.15) is 0 Å². The topological polar surface area (TPSA) is 12.9 Å². The molecule has 17 heavy (non-hydrogen) atoms. The van der Waals surface area contributed by atoms with Crippen molar-refractivity contribution in [3.63, 3.8) is 0 Å². The van der Waals surface area contributed by atoms with Gasteiger partial charge in [-0.25, -0.2) is 0 Å². The third-order valence-corrected chi connectivity index (χ3v) is 3.80. The number of aryl methyl sites for hydroxylation is 2. The van der Waals surface area contributed by atoms with Gasteiger partial charge in [-0.2, -0.15) is 0 Å². The van der Waals surface area contributed by atoms with Crippen LogP contribution in [0.25, 0.3) is 10.9 Å². The second-order valence-electron chi connectivity index (χ2n) is 4.07. The predicted molar refractivity (Wildman–Crippen MR) is 73.5 cm³/mol. The number of nitrogens with zero attached hydrogens (tertiary/aromatic N) is 1. The van der Waals surface area contributed by atoms with E-state index in [1.165, 1.54) is 16.0 Å². The van der Waals surface area contributed by atoms with Crippen LogP contribution < -0.4 is 0 Å². The quantitative estimate of drug-likeness (QED) is 0.671. The number of rotatable bonds is 3. The molecule has 0 aliphatic carbocycles. The van der Waals surface area contributed by atoms with Crippen molar-refractivity contribution in [3.05, 3.63) is 64.5 Å². The Morgan fingerprint density at radius 3 is 2.71 bits per heavy atom. The van der Waals surface area contributed by atoms with E-state index in [1.54, 1.807) is 0 Å². The molecule has 2 heterocycles. The fourth-order valence-electron chi connectivity index (χ4n) is 1.95. The van der Waals surface area contributed by atoms with Gasteiger partial charge in [0.15, 0.2) is 0 Å². The van der Waals surface area contributed by atoms with Crippen molar-refractivity contribution < 1.29 is 0 Å². The van der Waals surface area contributed by atoms with Crippen LogP contribution in [0.5, 0.6) is 0 Å². The molecule has 3 aromatic rings. The molecule has 0 atom stereocenters. The highest BCUT2D eigenvalue weighted by Crippen LogP contribution is 2.15. The lowest BCUT2D eigenvalue weighted by atomic mass is 10.1. The van der Waals surface area contributed by atoms with E-state index >= 15 is 0 Å². The minimum atomic E-state index is 1.02. The maximum absolute atomic E-state index is 4.68. The molecule has 0 fully saturated rings. The number of hydrogen-bond donors (Lipinski definition) is 0. The zero-order chi connectivity index (χ0) is 11.5. The van der Waals surface area contributed by atoms with Crippen LogP contribution in [0, 0.1) is 0 Å². The van der Waals surface area contributed by atoms with Gasteiger partial charge in [-0.05, 0) is 36.4 Å². The Morgan fingerprint density at radius 1 is 0.882 bits per heavy atom. The molecule has 0 amide bonds. The maximum atomic E-state index is 4.68. The van der Waals surface area contributed by atoms with Crippen molar-refractivity contribution in [1.29, 1.82) is 0 Å². The summed E-state index contributed by atoms with van der Waals surface area (Å²) in [5.74, 6) is 0. The van der Waals surface area contributed by atoms with E-state index in [1.807, 2.05) is 17.4 Å². The summed E-state index contributed by atoms with van der Waals surface area (Å²) < 4.78 is 0. The monoisotopic (exact) mass is 239 g/mol. The van der Waals surface area contributed by atoms with Gasteiger partial charge in [0.05, 0.1) is 5.52 Å². The number of pyridine rings is 1. The molecule has 84 valence electrons. The highest BCUT2D eigenvalue weighted by Gasteiger charge is 1.99. The minimum absolute atomic E-state index is 1.02. The van der Waals surface area contributed by atoms with Gasteiger partial charge in [0.2, 0.25) is 0 Å². The standard InChI is InChI=1S/C15H13NS/c1-2-6-15-12(4-1)7-8-13(16-15)9-10-14-5-3-11-17-14/h1-8,11H,9-10H2. The fourth-order valence-corrected chi connectivity index (χ4v) is 2.66. The van der Waals surface area contributed by atoms with Crippen molar-refractivity contribution in [2.24, 2.45) is 0 Å². The first kappa shape index (κ1) is 10.5. The lowest BCUT2D eigenvalue weighted by Crippen LogP contribution is -1.93. The van der Waals surface area contributed by atoms with Crippen molar-refractivity contribution in [3.8, 4) is 0 Å². The number of para-hydroxylation sites is 1. The average Bonchev–Trinajstić information content (AvgIpc) is 2.89. The van der Waals surface area contributed by atoms with E-state index in [4.69, 9.17) is 0 Å². The third-order valence-electron chi connectivity index (χ3n) is 2.86. The summed E-state index contributed by atoms with van der Waals surface area (Å²) in [6, 6.07) is 16.9. The minimum Gasteiger partial charge on any atom is -0.253 e. The summed E-state index contributed by atoms with van der Waals surface area (Å²) in [5.41, 5.74) is 2.27. The highest BCUT2D eigenvalue weighted by molar-refractivity contribution is 7.09. The van der Waals surface area contributed by atoms with Gasteiger partial charge in [-0.15, -0.1) is 11.3 Å². The van der Waals surface area contributed by atoms with Gasteiger partial charge in [-0.1, -0.05) is 30.3 Å². The first-order valence-corrected chi connectivity index (χ1v) is 6.67. The van der Waals surface area contributed by atoms with Gasteiger partial charge in [0, 0.05) is 16.0 Å². The molecule has 1 aromatic carbocycles. The third kappa shape index (κ3) is 2.37. The molecular formula is C15H13NS. The summed E-state index contributed by atoms with van der Waals surface area (Å²) >= 11 is 1.82. The first-order chi connectivity index (χ1) is 8.42. The van der Waals surface area contributed by atoms with Gasteiger partial charge >= 0.3 is 0 Å². The van der Waals surface area contributed by atoms with Crippen LogP contribution in [-0.4, -0.2) is 4.98 Å². The SMILES string of the molecule is c1csc(CCc2ccc3ccccc3n2)c1. The van der Waals surface area contributed by atoms with Crippen LogP contribution in [0.1, 0.15) is 10.6 Å². The van der Waals surface area contributed by atoms with Crippen LogP contribution in [0.4, 0.5) is 0 Å². The molecule has 2 heteroatoms. The Kier molecular flexibility index (Phi) is 2.88. The van der Waals surface area contributed by atoms with Crippen LogP contribution in [0.2, 0.25) is 0 Å². The molecule has 0 bridgehead atoms. The Labute approximate surface area is 105 Å². The second kappa shape index (κ2) is 4.68. The normalized spacial score (nSPS) is 10.8. The zero-order valence-corrected chi connectivity index (χ0v) is 10.3. The first-order valence-electron chi connectivity index (χ1n) is 5.79. The van der Waals surface area contributed by atoms with Crippen molar-refractivity contribution in [2.45, 2.75) is 12.8 Å². The van der Waals surface area contributed by atoms with Crippen LogP contribution in [0.15, 0.2) is 53.9 Å². The van der Waals surface area contributed by atoms with Gasteiger partial charge < -0.3 is 0 Å². The van der Waals surface area contributed by atoms with Gasteiger partial charge in [0.25, 0.3) is 0 Å². The lowest BCUT2D eigenvalue weighted by molar-refractivity contribution is 0.939. The van der Waals surface area contributed by atoms with E-state index in [0.29, 0.717) is 0 Å². The zero-order valence-electron chi connectivity index (χ0n) is 9.47. The van der Waals surface area contributed by atoms with Crippen LogP contribution >= 0.6 is 11.3 Å². The van der Waals surface area contributed by atoms with E-state index in [-0.39, 0.29) is 0 Å². The fraction of sp³-hybridized carbons (Fsp3) is 0.133. The number of thiophene rings is 1.